The number of hydrogen-bond acceptors (Lipinski definition) is 4. The van der Waals surface area contributed by atoms with E-state index in [4.69, 9.17) is 16.3 Å². The topological polar surface area (TPSA) is 67.4 Å². The first kappa shape index (κ1) is 19.6. The second-order valence-corrected chi connectivity index (χ2v) is 7.44. The van der Waals surface area contributed by atoms with Gasteiger partial charge in [-0.05, 0) is 45.0 Å². The number of carbonyl (C=O) groups excluding carboxylic acids is 2. The van der Waals surface area contributed by atoms with Gasteiger partial charge in [0.1, 0.15) is 5.60 Å². The molecule has 0 radical (unpaired) electrons. The van der Waals surface area contributed by atoms with E-state index in [1.807, 2.05) is 24.3 Å². The van der Waals surface area contributed by atoms with E-state index in [0.717, 1.165) is 4.90 Å². The molecule has 0 aliphatic heterocycles. The number of thioether (sulfide) groups is 1. The van der Waals surface area contributed by atoms with Crippen LogP contribution in [0.1, 0.15) is 27.2 Å². The van der Waals surface area contributed by atoms with E-state index in [-0.39, 0.29) is 5.91 Å². The highest BCUT2D eigenvalue weighted by Crippen LogP contribution is 2.20. The summed E-state index contributed by atoms with van der Waals surface area (Å²) < 4.78 is 5.09. The molecular weight excluding hydrogens is 336 g/mol. The molecule has 0 saturated heterocycles. The van der Waals surface area contributed by atoms with Crippen molar-refractivity contribution in [1.82, 2.24) is 10.6 Å². The minimum absolute atomic E-state index is 0.0440. The van der Waals surface area contributed by atoms with Crippen LogP contribution in [0.25, 0.3) is 0 Å². The highest BCUT2D eigenvalue weighted by molar-refractivity contribution is 7.99. The van der Waals surface area contributed by atoms with Gasteiger partial charge in [-0.25, -0.2) is 4.79 Å². The smallest absolute Gasteiger partial charge is 0.407 e. The molecule has 0 spiro atoms. The van der Waals surface area contributed by atoms with E-state index in [1.165, 1.54) is 0 Å². The molecule has 128 valence electrons. The molecule has 2 amide bonds. The van der Waals surface area contributed by atoms with Gasteiger partial charge in [-0.1, -0.05) is 11.6 Å². The quantitative estimate of drug-likeness (QED) is 0.578. The molecule has 1 aromatic rings. The molecule has 0 atom stereocenters. The molecule has 0 aliphatic carbocycles. The van der Waals surface area contributed by atoms with Gasteiger partial charge in [0.2, 0.25) is 5.91 Å². The molecule has 7 heteroatoms. The molecular formula is C16H23ClN2O3S. The lowest BCUT2D eigenvalue weighted by atomic mass is 10.2. The molecule has 1 aromatic carbocycles. The number of hydrogen-bond donors (Lipinski definition) is 2. The second-order valence-electron chi connectivity index (χ2n) is 5.83. The fourth-order valence-corrected chi connectivity index (χ4v) is 2.54. The van der Waals surface area contributed by atoms with E-state index >= 15 is 0 Å². The third kappa shape index (κ3) is 10.1. The van der Waals surface area contributed by atoms with Gasteiger partial charge >= 0.3 is 6.09 Å². The number of ether oxygens (including phenoxy) is 1. The zero-order chi connectivity index (χ0) is 17.3. The van der Waals surface area contributed by atoms with Gasteiger partial charge in [-0.15, -0.1) is 11.8 Å². The highest BCUT2D eigenvalue weighted by atomic mass is 35.5. The summed E-state index contributed by atoms with van der Waals surface area (Å²) in [5.74, 6) is 0.643. The number of alkyl carbamates (subject to hydrolysis) is 1. The van der Waals surface area contributed by atoms with Crippen LogP contribution in [0.2, 0.25) is 5.02 Å². The summed E-state index contributed by atoms with van der Waals surface area (Å²) in [7, 11) is 0. The van der Waals surface area contributed by atoms with Gasteiger partial charge in [-0.3, -0.25) is 4.79 Å². The normalized spacial score (nSPS) is 11.0. The summed E-state index contributed by atoms with van der Waals surface area (Å²) in [5, 5.41) is 6.04. The number of rotatable bonds is 7. The van der Waals surface area contributed by atoms with Gasteiger partial charge < -0.3 is 15.4 Å². The summed E-state index contributed by atoms with van der Waals surface area (Å²) in [6, 6.07) is 7.50. The first-order valence-electron chi connectivity index (χ1n) is 7.38. The zero-order valence-electron chi connectivity index (χ0n) is 13.6. The molecule has 1 rings (SSSR count). The summed E-state index contributed by atoms with van der Waals surface area (Å²) in [5.41, 5.74) is -0.522. The van der Waals surface area contributed by atoms with E-state index in [1.54, 1.807) is 32.5 Å². The lowest BCUT2D eigenvalue weighted by Crippen LogP contribution is -2.37. The minimum Gasteiger partial charge on any atom is -0.444 e. The lowest BCUT2D eigenvalue weighted by molar-refractivity contribution is -0.120. The Morgan fingerprint density at radius 3 is 2.35 bits per heavy atom. The Balaban J connectivity index is 2.08. The largest absolute Gasteiger partial charge is 0.444 e. The Labute approximate surface area is 146 Å². The van der Waals surface area contributed by atoms with Crippen molar-refractivity contribution in [2.24, 2.45) is 0 Å². The molecule has 0 aromatic heterocycles. The molecule has 0 unspecified atom stereocenters. The molecule has 0 saturated carbocycles. The fourth-order valence-electron chi connectivity index (χ4n) is 1.56. The van der Waals surface area contributed by atoms with Crippen molar-refractivity contribution in [3.63, 3.8) is 0 Å². The van der Waals surface area contributed by atoms with Gasteiger partial charge in [0.25, 0.3) is 0 Å². The maximum atomic E-state index is 11.7. The van der Waals surface area contributed by atoms with Crippen molar-refractivity contribution in [1.29, 1.82) is 0 Å². The van der Waals surface area contributed by atoms with Gasteiger partial charge in [0.05, 0.1) is 0 Å². The molecule has 0 fully saturated rings. The maximum absolute atomic E-state index is 11.7. The average molecular weight is 359 g/mol. The van der Waals surface area contributed by atoms with Crippen molar-refractivity contribution in [2.45, 2.75) is 37.7 Å². The van der Waals surface area contributed by atoms with Crippen molar-refractivity contribution in [2.75, 3.05) is 18.8 Å². The number of nitrogens with one attached hydrogen (secondary N) is 2. The van der Waals surface area contributed by atoms with Gasteiger partial charge in [0.15, 0.2) is 0 Å². The average Bonchev–Trinajstić information content (AvgIpc) is 2.44. The van der Waals surface area contributed by atoms with Gasteiger partial charge in [-0.2, -0.15) is 0 Å². The fraction of sp³-hybridized carbons (Fsp3) is 0.500. The minimum atomic E-state index is -0.522. The van der Waals surface area contributed by atoms with Crippen molar-refractivity contribution < 1.29 is 14.3 Å². The highest BCUT2D eigenvalue weighted by Gasteiger charge is 2.15. The third-order valence-electron chi connectivity index (χ3n) is 2.53. The monoisotopic (exact) mass is 358 g/mol. The Morgan fingerprint density at radius 1 is 1.13 bits per heavy atom. The summed E-state index contributed by atoms with van der Waals surface area (Å²) >= 11 is 7.41. The second kappa shape index (κ2) is 9.67. The summed E-state index contributed by atoms with van der Waals surface area (Å²) in [6.45, 7) is 6.11. The number of carbonyl (C=O) groups is 2. The Bertz CT molecular complexity index is 515. The molecule has 0 heterocycles. The summed E-state index contributed by atoms with van der Waals surface area (Å²) in [4.78, 5) is 24.1. The van der Waals surface area contributed by atoms with Crippen LogP contribution in [-0.2, 0) is 9.53 Å². The van der Waals surface area contributed by atoms with Crippen LogP contribution in [0.5, 0.6) is 0 Å². The van der Waals surface area contributed by atoms with Crippen LogP contribution in [0.4, 0.5) is 4.79 Å². The van der Waals surface area contributed by atoms with Gasteiger partial charge in [0, 0.05) is 35.2 Å². The molecule has 2 N–H and O–H groups in total. The van der Waals surface area contributed by atoms with E-state index in [0.29, 0.717) is 30.3 Å². The third-order valence-corrected chi connectivity index (χ3v) is 3.79. The Kier molecular flexibility index (Phi) is 8.26. The first-order valence-corrected chi connectivity index (χ1v) is 8.74. The first-order chi connectivity index (χ1) is 10.8. The Hall–Kier alpha value is -1.40. The van der Waals surface area contributed by atoms with Crippen LogP contribution in [0, 0.1) is 0 Å². The lowest BCUT2D eigenvalue weighted by Gasteiger charge is -2.19. The number of benzene rings is 1. The standard InChI is InChI=1S/C16H23ClN2O3S/c1-16(2,3)22-15(21)19-10-9-18-14(20)8-11-23-13-6-4-12(17)5-7-13/h4-7H,8-11H2,1-3H3,(H,18,20)(H,19,21). The van der Waals surface area contributed by atoms with Crippen LogP contribution >= 0.6 is 23.4 Å². The van der Waals surface area contributed by atoms with Crippen LogP contribution in [0.3, 0.4) is 0 Å². The van der Waals surface area contributed by atoms with Crippen molar-refractivity contribution in [3.05, 3.63) is 29.3 Å². The SMILES string of the molecule is CC(C)(C)OC(=O)NCCNC(=O)CCSc1ccc(Cl)cc1. The number of amides is 2. The summed E-state index contributed by atoms with van der Waals surface area (Å²) in [6.07, 6.45) is -0.0650. The van der Waals surface area contributed by atoms with Crippen molar-refractivity contribution >= 4 is 35.4 Å². The van der Waals surface area contributed by atoms with E-state index < -0.39 is 11.7 Å². The van der Waals surface area contributed by atoms with E-state index in [2.05, 4.69) is 10.6 Å². The Morgan fingerprint density at radius 2 is 1.74 bits per heavy atom. The number of halogens is 1. The van der Waals surface area contributed by atoms with Crippen molar-refractivity contribution in [3.8, 4) is 0 Å². The molecule has 23 heavy (non-hydrogen) atoms. The molecule has 5 nitrogen and oxygen atoms in total. The van der Waals surface area contributed by atoms with E-state index in [9.17, 15) is 9.59 Å². The predicted octanol–water partition coefficient (Wildman–Crippen LogP) is 3.46. The molecule has 0 bridgehead atoms. The predicted molar refractivity (Wildman–Crippen MR) is 94.0 cm³/mol. The van der Waals surface area contributed by atoms with Crippen LogP contribution < -0.4 is 10.6 Å². The molecule has 0 aliphatic rings. The maximum Gasteiger partial charge on any atom is 0.407 e. The zero-order valence-corrected chi connectivity index (χ0v) is 15.2. The van der Waals surface area contributed by atoms with Crippen LogP contribution in [0.15, 0.2) is 29.2 Å². The van der Waals surface area contributed by atoms with Crippen LogP contribution in [-0.4, -0.2) is 36.4 Å².